The maximum absolute atomic E-state index is 13.5. The Morgan fingerprint density at radius 1 is 1.35 bits per heavy atom. The van der Waals surface area contributed by atoms with Gasteiger partial charge in [-0.25, -0.2) is 4.79 Å². The molecule has 2 aromatic heterocycles. The number of nitrogens with zero attached hydrogens (tertiary/aromatic N) is 3. The van der Waals surface area contributed by atoms with Gasteiger partial charge in [-0.05, 0) is 44.6 Å². The van der Waals surface area contributed by atoms with E-state index in [-0.39, 0.29) is 36.7 Å². The van der Waals surface area contributed by atoms with Crippen LogP contribution in [0.2, 0.25) is 0 Å². The Hall–Kier alpha value is -2.68. The Morgan fingerprint density at radius 2 is 2.13 bits per heavy atom. The molecule has 0 radical (unpaired) electrons. The lowest BCUT2D eigenvalue weighted by Crippen LogP contribution is -2.65. The second kappa shape index (κ2) is 8.82. The number of esters is 1. The first-order valence-electron chi connectivity index (χ1n) is 10.8. The lowest BCUT2D eigenvalue weighted by molar-refractivity contribution is -0.133. The molecule has 4 rings (SSSR count). The van der Waals surface area contributed by atoms with E-state index in [4.69, 9.17) is 4.74 Å². The minimum atomic E-state index is -1.10. The molecule has 1 aliphatic heterocycles. The van der Waals surface area contributed by atoms with Crippen molar-refractivity contribution in [1.82, 2.24) is 20.0 Å². The Balaban J connectivity index is 1.63. The fraction of sp³-hybridized carbons (Fsp3) is 0.545. The maximum Gasteiger partial charge on any atom is 0.358 e. The van der Waals surface area contributed by atoms with E-state index in [1.165, 1.54) is 10.7 Å². The first-order valence-corrected chi connectivity index (χ1v) is 11.7. The third-order valence-electron chi connectivity index (χ3n) is 6.12. The molecule has 1 N–H and O–H groups in total. The molecule has 8 nitrogen and oxygen atoms in total. The van der Waals surface area contributed by atoms with Crippen LogP contribution in [0.25, 0.3) is 0 Å². The molecule has 0 bridgehead atoms. The Bertz CT molecular complexity index is 964. The van der Waals surface area contributed by atoms with Gasteiger partial charge in [0.2, 0.25) is 5.91 Å². The summed E-state index contributed by atoms with van der Waals surface area (Å²) in [5, 5.41) is 9.44. The predicted octanol–water partition coefficient (Wildman–Crippen LogP) is 2.64. The largest absolute Gasteiger partial charge is 0.461 e. The van der Waals surface area contributed by atoms with E-state index < -0.39 is 11.5 Å². The number of carbonyl (C=O) groups is 3. The lowest BCUT2D eigenvalue weighted by Gasteiger charge is -2.43. The number of aromatic nitrogens is 2. The maximum atomic E-state index is 13.5. The van der Waals surface area contributed by atoms with Gasteiger partial charge >= 0.3 is 5.97 Å². The summed E-state index contributed by atoms with van der Waals surface area (Å²) in [5.74, 6) is -1.04. The third kappa shape index (κ3) is 4.23. The summed E-state index contributed by atoms with van der Waals surface area (Å²) in [6, 6.07) is 5.61. The Labute approximate surface area is 185 Å². The third-order valence-corrected chi connectivity index (χ3v) is 7.06. The molecule has 31 heavy (non-hydrogen) atoms. The number of ether oxygens (including phenoxy) is 1. The van der Waals surface area contributed by atoms with Crippen LogP contribution in [0.1, 0.15) is 65.4 Å². The van der Waals surface area contributed by atoms with Gasteiger partial charge in [-0.1, -0.05) is 18.9 Å². The summed E-state index contributed by atoms with van der Waals surface area (Å²) < 4.78 is 6.51. The van der Waals surface area contributed by atoms with Crippen LogP contribution in [0.15, 0.2) is 23.6 Å². The number of rotatable bonds is 7. The van der Waals surface area contributed by atoms with Crippen molar-refractivity contribution in [2.45, 2.75) is 64.1 Å². The molecule has 1 fully saturated rings. The Morgan fingerprint density at radius 3 is 2.81 bits per heavy atom. The normalized spacial score (nSPS) is 21.2. The van der Waals surface area contributed by atoms with E-state index in [2.05, 4.69) is 10.4 Å². The molecule has 1 saturated carbocycles. The van der Waals surface area contributed by atoms with Gasteiger partial charge in [0.15, 0.2) is 5.69 Å². The minimum absolute atomic E-state index is 0.0869. The van der Waals surface area contributed by atoms with Crippen molar-refractivity contribution < 1.29 is 19.1 Å². The molecular formula is C22H28N4O4S. The summed E-state index contributed by atoms with van der Waals surface area (Å²) in [4.78, 5) is 41.8. The zero-order valence-electron chi connectivity index (χ0n) is 17.9. The van der Waals surface area contributed by atoms with Crippen molar-refractivity contribution >= 4 is 29.1 Å². The van der Waals surface area contributed by atoms with Gasteiger partial charge in [0.1, 0.15) is 11.2 Å². The van der Waals surface area contributed by atoms with Gasteiger partial charge in [0, 0.05) is 23.5 Å². The van der Waals surface area contributed by atoms with Crippen LogP contribution in [0.4, 0.5) is 0 Å². The molecule has 0 unspecified atom stereocenters. The zero-order valence-corrected chi connectivity index (χ0v) is 18.7. The van der Waals surface area contributed by atoms with E-state index in [0.717, 1.165) is 30.6 Å². The van der Waals surface area contributed by atoms with Gasteiger partial charge in [-0.15, -0.1) is 11.3 Å². The molecule has 2 aromatic rings. The zero-order chi connectivity index (χ0) is 22.0. The highest BCUT2D eigenvalue weighted by Crippen LogP contribution is 2.29. The molecule has 0 saturated heterocycles. The molecule has 0 spiro atoms. The van der Waals surface area contributed by atoms with Crippen LogP contribution >= 0.6 is 11.3 Å². The van der Waals surface area contributed by atoms with Crippen LogP contribution in [0, 0.1) is 0 Å². The number of hydrogen-bond donors (Lipinski definition) is 1. The fourth-order valence-electron chi connectivity index (χ4n) is 4.38. The molecule has 166 valence electrons. The van der Waals surface area contributed by atoms with Gasteiger partial charge in [0.25, 0.3) is 5.91 Å². The smallest absolute Gasteiger partial charge is 0.358 e. The molecule has 1 atom stereocenters. The summed E-state index contributed by atoms with van der Waals surface area (Å²) in [7, 11) is 0. The SMILES string of the molecule is CCOC(=O)c1cc2n(n1)C[C@@](C)(C(=O)NC1CCCC1)N(CCc1cccs1)C2=O. The average Bonchev–Trinajstić information content (AvgIpc) is 3.49. The quantitative estimate of drug-likeness (QED) is 0.663. The van der Waals surface area contributed by atoms with Gasteiger partial charge < -0.3 is 15.0 Å². The summed E-state index contributed by atoms with van der Waals surface area (Å²) in [6.45, 7) is 4.34. The topological polar surface area (TPSA) is 93.5 Å². The minimum Gasteiger partial charge on any atom is -0.461 e. The number of thiophene rings is 1. The average molecular weight is 445 g/mol. The molecule has 9 heteroatoms. The van der Waals surface area contributed by atoms with E-state index in [1.54, 1.807) is 30.1 Å². The summed E-state index contributed by atoms with van der Waals surface area (Å²) in [6.07, 6.45) is 4.80. The second-order valence-electron chi connectivity index (χ2n) is 8.31. The van der Waals surface area contributed by atoms with Crippen LogP contribution in [0.5, 0.6) is 0 Å². The highest BCUT2D eigenvalue weighted by molar-refractivity contribution is 7.09. The number of nitrogens with one attached hydrogen (secondary N) is 1. The first kappa shape index (κ1) is 21.5. The van der Waals surface area contributed by atoms with Crippen molar-refractivity contribution in [3.63, 3.8) is 0 Å². The highest BCUT2D eigenvalue weighted by Gasteiger charge is 2.48. The van der Waals surface area contributed by atoms with Crippen molar-refractivity contribution in [3.05, 3.63) is 39.8 Å². The molecular weight excluding hydrogens is 416 g/mol. The van der Waals surface area contributed by atoms with E-state index in [9.17, 15) is 14.4 Å². The Kier molecular flexibility index (Phi) is 6.13. The number of hydrogen-bond acceptors (Lipinski definition) is 6. The van der Waals surface area contributed by atoms with E-state index in [1.807, 2.05) is 17.5 Å². The standard InChI is InChI=1S/C22H28N4O4S/c1-3-30-20(28)17-13-18-19(27)25(11-10-16-9-6-12-31-16)22(2,14-26(18)24-17)21(29)23-15-7-4-5-8-15/h6,9,12-13,15H,3-5,7-8,10-11,14H2,1-2H3,(H,23,29)/t22-/m0/s1. The summed E-state index contributed by atoms with van der Waals surface area (Å²) in [5.41, 5.74) is -0.703. The molecule has 2 aliphatic rings. The van der Waals surface area contributed by atoms with Crippen LogP contribution in [0.3, 0.4) is 0 Å². The summed E-state index contributed by atoms with van der Waals surface area (Å²) >= 11 is 1.63. The van der Waals surface area contributed by atoms with E-state index in [0.29, 0.717) is 18.7 Å². The van der Waals surface area contributed by atoms with Crippen molar-refractivity contribution in [2.75, 3.05) is 13.2 Å². The number of fused-ring (bicyclic) bond motifs is 1. The monoisotopic (exact) mass is 444 g/mol. The molecule has 3 heterocycles. The number of carbonyl (C=O) groups excluding carboxylic acids is 3. The first-order chi connectivity index (χ1) is 14.9. The van der Waals surface area contributed by atoms with Crippen molar-refractivity contribution in [2.24, 2.45) is 0 Å². The number of amides is 2. The van der Waals surface area contributed by atoms with Gasteiger partial charge in [-0.2, -0.15) is 5.10 Å². The molecule has 1 aliphatic carbocycles. The van der Waals surface area contributed by atoms with Crippen LogP contribution in [-0.2, 0) is 22.5 Å². The second-order valence-corrected chi connectivity index (χ2v) is 9.34. The molecule has 0 aromatic carbocycles. The van der Waals surface area contributed by atoms with Gasteiger partial charge in [-0.3, -0.25) is 14.3 Å². The highest BCUT2D eigenvalue weighted by atomic mass is 32.1. The van der Waals surface area contributed by atoms with Crippen LogP contribution < -0.4 is 5.32 Å². The lowest BCUT2D eigenvalue weighted by atomic mass is 9.94. The van der Waals surface area contributed by atoms with Crippen LogP contribution in [-0.4, -0.2) is 57.2 Å². The van der Waals surface area contributed by atoms with Gasteiger partial charge in [0.05, 0.1) is 13.2 Å². The fourth-order valence-corrected chi connectivity index (χ4v) is 5.08. The molecule has 2 amide bonds. The van der Waals surface area contributed by atoms with Crippen molar-refractivity contribution in [3.8, 4) is 0 Å². The van der Waals surface area contributed by atoms with Crippen molar-refractivity contribution in [1.29, 1.82) is 0 Å². The predicted molar refractivity (Wildman–Crippen MR) is 116 cm³/mol. The van der Waals surface area contributed by atoms with E-state index >= 15 is 0 Å².